The topological polar surface area (TPSA) is 28.3 Å². The van der Waals surface area contributed by atoms with Gasteiger partial charge in [-0.3, -0.25) is 4.90 Å². The van der Waals surface area contributed by atoms with E-state index in [4.69, 9.17) is 16.3 Å². The molecule has 3 rings (SSSR count). The fourth-order valence-electron chi connectivity index (χ4n) is 3.36. The molecule has 21 heavy (non-hydrogen) atoms. The van der Waals surface area contributed by atoms with Gasteiger partial charge >= 0.3 is 0 Å². The molecule has 1 saturated heterocycles. The fraction of sp³-hybridized carbons (Fsp3) is 0.529. The molecular formula is C17H23ClN2O. The van der Waals surface area contributed by atoms with E-state index >= 15 is 0 Å². The van der Waals surface area contributed by atoms with Crippen molar-refractivity contribution < 1.29 is 4.74 Å². The molecule has 1 aliphatic rings. The number of aryl methyl sites for hydroxylation is 1. The molecule has 1 aromatic heterocycles. The van der Waals surface area contributed by atoms with Gasteiger partial charge in [0.1, 0.15) is 0 Å². The molecule has 3 nitrogen and oxygen atoms in total. The van der Waals surface area contributed by atoms with E-state index in [1.165, 1.54) is 34.9 Å². The molecule has 4 heteroatoms. The largest absolute Gasteiger partial charge is 0.384 e. The summed E-state index contributed by atoms with van der Waals surface area (Å²) in [6.45, 7) is 6.19. The molecule has 0 radical (unpaired) electrons. The predicted molar refractivity (Wildman–Crippen MR) is 87.9 cm³/mol. The number of fused-ring (bicyclic) bond motifs is 1. The van der Waals surface area contributed by atoms with E-state index in [1.807, 2.05) is 6.20 Å². The fourth-order valence-corrected chi connectivity index (χ4v) is 3.68. The summed E-state index contributed by atoms with van der Waals surface area (Å²) >= 11 is 6.50. The number of aromatic amines is 1. The zero-order valence-corrected chi connectivity index (χ0v) is 13.5. The van der Waals surface area contributed by atoms with E-state index in [0.29, 0.717) is 5.92 Å². The van der Waals surface area contributed by atoms with Crippen molar-refractivity contribution in [3.63, 3.8) is 0 Å². The van der Waals surface area contributed by atoms with Crippen LogP contribution < -0.4 is 0 Å². The zero-order valence-electron chi connectivity index (χ0n) is 12.8. The monoisotopic (exact) mass is 306 g/mol. The number of piperidine rings is 1. The molecule has 2 heterocycles. The summed E-state index contributed by atoms with van der Waals surface area (Å²) in [6.07, 6.45) is 4.43. The Morgan fingerprint density at radius 3 is 2.86 bits per heavy atom. The Labute approximate surface area is 131 Å². The standard InChI is InChI=1S/C17H23ClN2O/c1-12-9-16(18)15(14-3-6-19-17(12)14)10-20-7-4-13(5-8-20)11-21-2/h3,6,9,13,19H,4-5,7-8,10-11H2,1-2H3. The van der Waals surface area contributed by atoms with E-state index in [0.717, 1.165) is 31.3 Å². The zero-order chi connectivity index (χ0) is 14.8. The number of benzene rings is 1. The number of nitrogens with one attached hydrogen (secondary N) is 1. The Hall–Kier alpha value is -1.03. The van der Waals surface area contributed by atoms with Gasteiger partial charge in [-0.1, -0.05) is 11.6 Å². The lowest BCUT2D eigenvalue weighted by Gasteiger charge is -2.32. The summed E-state index contributed by atoms with van der Waals surface area (Å²) in [7, 11) is 1.79. The number of hydrogen-bond donors (Lipinski definition) is 1. The van der Waals surface area contributed by atoms with Gasteiger partial charge < -0.3 is 9.72 Å². The highest BCUT2D eigenvalue weighted by Gasteiger charge is 2.21. The predicted octanol–water partition coefficient (Wildman–Crippen LogP) is 3.99. The van der Waals surface area contributed by atoms with Crippen molar-refractivity contribution in [2.24, 2.45) is 5.92 Å². The van der Waals surface area contributed by atoms with E-state index < -0.39 is 0 Å². The minimum Gasteiger partial charge on any atom is -0.384 e. The summed E-state index contributed by atoms with van der Waals surface area (Å²) in [5, 5.41) is 2.15. The number of methoxy groups -OCH3 is 1. The van der Waals surface area contributed by atoms with Gasteiger partial charge in [0, 0.05) is 42.4 Å². The molecule has 1 N–H and O–H groups in total. The number of nitrogens with zero attached hydrogens (tertiary/aromatic N) is 1. The molecule has 0 aliphatic carbocycles. The van der Waals surface area contributed by atoms with Crippen molar-refractivity contribution in [3.8, 4) is 0 Å². The highest BCUT2D eigenvalue weighted by Crippen LogP contribution is 2.30. The van der Waals surface area contributed by atoms with Gasteiger partial charge in [-0.15, -0.1) is 0 Å². The van der Waals surface area contributed by atoms with Gasteiger partial charge in [0.05, 0.1) is 0 Å². The molecule has 0 atom stereocenters. The number of rotatable bonds is 4. The first-order valence-electron chi connectivity index (χ1n) is 7.65. The summed E-state index contributed by atoms with van der Waals surface area (Å²) in [4.78, 5) is 5.83. The van der Waals surface area contributed by atoms with Crippen molar-refractivity contribution in [3.05, 3.63) is 34.5 Å². The molecule has 114 valence electrons. The number of H-pyrrole nitrogens is 1. The van der Waals surface area contributed by atoms with Crippen LogP contribution in [0.25, 0.3) is 10.9 Å². The highest BCUT2D eigenvalue weighted by atomic mass is 35.5. The Morgan fingerprint density at radius 2 is 2.14 bits per heavy atom. The Balaban J connectivity index is 1.75. The minimum absolute atomic E-state index is 0.715. The van der Waals surface area contributed by atoms with Gasteiger partial charge in [-0.05, 0) is 62.0 Å². The third-order valence-corrected chi connectivity index (χ3v) is 4.93. The van der Waals surface area contributed by atoms with Crippen molar-refractivity contribution in [1.29, 1.82) is 0 Å². The first-order valence-corrected chi connectivity index (χ1v) is 8.03. The molecule has 0 saturated carbocycles. The normalized spacial score (nSPS) is 17.7. The highest BCUT2D eigenvalue weighted by molar-refractivity contribution is 6.32. The summed E-state index contributed by atoms with van der Waals surface area (Å²) < 4.78 is 5.27. The summed E-state index contributed by atoms with van der Waals surface area (Å²) in [5.41, 5.74) is 3.68. The first-order chi connectivity index (χ1) is 10.2. The Bertz CT molecular complexity index is 615. The number of likely N-dealkylation sites (tertiary alicyclic amines) is 1. The maximum atomic E-state index is 6.50. The third-order valence-electron chi connectivity index (χ3n) is 4.59. The van der Waals surface area contributed by atoms with Crippen LogP contribution >= 0.6 is 11.6 Å². The molecule has 0 bridgehead atoms. The van der Waals surface area contributed by atoms with Gasteiger partial charge in [-0.2, -0.15) is 0 Å². The van der Waals surface area contributed by atoms with Gasteiger partial charge in [0.2, 0.25) is 0 Å². The van der Waals surface area contributed by atoms with Gasteiger partial charge in [0.15, 0.2) is 0 Å². The van der Waals surface area contributed by atoms with Crippen molar-refractivity contribution in [2.45, 2.75) is 26.3 Å². The van der Waals surface area contributed by atoms with Crippen LogP contribution in [-0.4, -0.2) is 36.7 Å². The Morgan fingerprint density at radius 1 is 1.38 bits per heavy atom. The molecule has 0 unspecified atom stereocenters. The lowest BCUT2D eigenvalue weighted by molar-refractivity contribution is 0.0970. The molecule has 1 fully saturated rings. The van der Waals surface area contributed by atoms with Crippen LogP contribution in [0.3, 0.4) is 0 Å². The van der Waals surface area contributed by atoms with Gasteiger partial charge in [-0.25, -0.2) is 0 Å². The number of ether oxygens (including phenoxy) is 1. The molecule has 1 aliphatic heterocycles. The average Bonchev–Trinajstić information content (AvgIpc) is 2.95. The van der Waals surface area contributed by atoms with E-state index in [9.17, 15) is 0 Å². The van der Waals surface area contributed by atoms with E-state index in [2.05, 4.69) is 28.9 Å². The average molecular weight is 307 g/mol. The number of halogens is 1. The van der Waals surface area contributed by atoms with Crippen LogP contribution in [0.1, 0.15) is 24.0 Å². The Kier molecular flexibility index (Phi) is 4.53. The van der Waals surface area contributed by atoms with Crippen molar-refractivity contribution >= 4 is 22.5 Å². The van der Waals surface area contributed by atoms with E-state index in [-0.39, 0.29) is 0 Å². The summed E-state index contributed by atoms with van der Waals surface area (Å²) in [5.74, 6) is 0.715. The maximum absolute atomic E-state index is 6.50. The van der Waals surface area contributed by atoms with Crippen LogP contribution in [0.5, 0.6) is 0 Å². The minimum atomic E-state index is 0.715. The maximum Gasteiger partial charge on any atom is 0.0491 e. The second-order valence-electron chi connectivity index (χ2n) is 6.10. The number of hydrogen-bond acceptors (Lipinski definition) is 2. The third kappa shape index (κ3) is 3.10. The van der Waals surface area contributed by atoms with Crippen molar-refractivity contribution in [1.82, 2.24) is 9.88 Å². The lowest BCUT2D eigenvalue weighted by Crippen LogP contribution is -2.34. The van der Waals surface area contributed by atoms with Crippen LogP contribution in [0.4, 0.5) is 0 Å². The summed E-state index contributed by atoms with van der Waals surface area (Å²) in [6, 6.07) is 4.22. The molecule has 0 spiro atoms. The van der Waals surface area contributed by atoms with E-state index in [1.54, 1.807) is 7.11 Å². The molecule has 1 aromatic carbocycles. The lowest BCUT2D eigenvalue weighted by atomic mass is 9.97. The second kappa shape index (κ2) is 6.39. The van der Waals surface area contributed by atoms with Crippen LogP contribution in [-0.2, 0) is 11.3 Å². The van der Waals surface area contributed by atoms with Crippen LogP contribution in [0, 0.1) is 12.8 Å². The number of aromatic nitrogens is 1. The second-order valence-corrected chi connectivity index (χ2v) is 6.50. The quantitative estimate of drug-likeness (QED) is 0.925. The van der Waals surface area contributed by atoms with Crippen molar-refractivity contribution in [2.75, 3.05) is 26.8 Å². The first kappa shape index (κ1) is 14.9. The van der Waals surface area contributed by atoms with Gasteiger partial charge in [0.25, 0.3) is 0 Å². The molecule has 2 aromatic rings. The van der Waals surface area contributed by atoms with Crippen LogP contribution in [0.15, 0.2) is 18.3 Å². The molecule has 0 amide bonds. The molecular weight excluding hydrogens is 284 g/mol. The smallest absolute Gasteiger partial charge is 0.0491 e. The SMILES string of the molecule is COCC1CCN(Cc2c(Cl)cc(C)c3[nH]ccc23)CC1. The van der Waals surface area contributed by atoms with Crippen LogP contribution in [0.2, 0.25) is 5.02 Å².